The fourth-order valence-electron chi connectivity index (χ4n) is 3.90. The molecule has 1 aliphatic carbocycles. The maximum atomic E-state index is 9.78. The first-order chi connectivity index (χ1) is 15.2. The number of aromatic nitrogens is 2. The standard InChI is InChI=1S/C24H22N4O2S/c1-30-19-13-15(11-12-18(19)29)14-25-28-23-21-17-9-5-6-10-20(17)31-24(21)27-22(26-23)16-7-3-2-4-8-16/h2-4,7-8,11-14,29H,5-6,9-10H2,1H3,(H,26,27,28)/b25-14+. The SMILES string of the molecule is COc1cc(/C=N/Nc2nc(-c3ccccc3)nc3sc4c(c23)CCCC4)ccc1O. The average Bonchev–Trinajstić information content (AvgIpc) is 3.19. The van der Waals surface area contributed by atoms with Crippen molar-refractivity contribution in [1.29, 1.82) is 0 Å². The number of fused-ring (bicyclic) bond motifs is 3. The summed E-state index contributed by atoms with van der Waals surface area (Å²) in [5.74, 6) is 1.93. The van der Waals surface area contributed by atoms with Crippen molar-refractivity contribution in [3.8, 4) is 22.9 Å². The summed E-state index contributed by atoms with van der Waals surface area (Å²) >= 11 is 1.77. The van der Waals surface area contributed by atoms with Gasteiger partial charge in [0.25, 0.3) is 0 Å². The Morgan fingerprint density at radius 2 is 1.94 bits per heavy atom. The number of hydrogen-bond donors (Lipinski definition) is 2. The zero-order chi connectivity index (χ0) is 21.2. The Hall–Kier alpha value is -3.45. The summed E-state index contributed by atoms with van der Waals surface area (Å²) in [5.41, 5.74) is 6.30. The summed E-state index contributed by atoms with van der Waals surface area (Å²) in [6, 6.07) is 15.1. The van der Waals surface area contributed by atoms with Crippen molar-refractivity contribution in [2.45, 2.75) is 25.7 Å². The van der Waals surface area contributed by atoms with E-state index >= 15 is 0 Å². The molecule has 5 rings (SSSR count). The van der Waals surface area contributed by atoms with Crippen LogP contribution in [0.25, 0.3) is 21.6 Å². The van der Waals surface area contributed by atoms with Crippen LogP contribution in [-0.2, 0) is 12.8 Å². The van der Waals surface area contributed by atoms with E-state index in [4.69, 9.17) is 14.7 Å². The average molecular weight is 431 g/mol. The van der Waals surface area contributed by atoms with Crippen LogP contribution in [0, 0.1) is 0 Å². The van der Waals surface area contributed by atoms with Crippen LogP contribution in [0.3, 0.4) is 0 Å². The predicted octanol–water partition coefficient (Wildman–Crippen LogP) is 5.40. The van der Waals surface area contributed by atoms with Crippen LogP contribution in [0.15, 0.2) is 53.6 Å². The third-order valence-electron chi connectivity index (χ3n) is 5.43. The van der Waals surface area contributed by atoms with Crippen molar-refractivity contribution >= 4 is 33.6 Å². The summed E-state index contributed by atoms with van der Waals surface area (Å²) in [5, 5.41) is 15.3. The van der Waals surface area contributed by atoms with Crippen LogP contribution in [0.5, 0.6) is 11.5 Å². The summed E-state index contributed by atoms with van der Waals surface area (Å²) in [4.78, 5) is 12.1. The Morgan fingerprint density at radius 3 is 2.77 bits per heavy atom. The van der Waals surface area contributed by atoms with Gasteiger partial charge in [-0.1, -0.05) is 30.3 Å². The number of hydrogen-bond acceptors (Lipinski definition) is 7. The fourth-order valence-corrected chi connectivity index (χ4v) is 5.16. The van der Waals surface area contributed by atoms with Crippen LogP contribution in [-0.4, -0.2) is 28.4 Å². The number of phenolic OH excluding ortho intramolecular Hbond substituents is 1. The maximum absolute atomic E-state index is 9.78. The van der Waals surface area contributed by atoms with Crippen molar-refractivity contribution in [3.05, 3.63) is 64.5 Å². The number of phenols is 1. The normalized spacial score (nSPS) is 13.5. The second-order valence-corrected chi connectivity index (χ2v) is 8.54. The minimum Gasteiger partial charge on any atom is -0.504 e. The Labute approximate surface area is 184 Å². The van der Waals surface area contributed by atoms with Gasteiger partial charge in [-0.15, -0.1) is 11.3 Å². The van der Waals surface area contributed by atoms with Crippen LogP contribution in [0.2, 0.25) is 0 Å². The minimum absolute atomic E-state index is 0.0996. The van der Waals surface area contributed by atoms with Gasteiger partial charge < -0.3 is 9.84 Å². The van der Waals surface area contributed by atoms with Crippen molar-refractivity contribution in [2.24, 2.45) is 5.10 Å². The summed E-state index contributed by atoms with van der Waals surface area (Å²) in [6.45, 7) is 0. The van der Waals surface area contributed by atoms with Crippen molar-refractivity contribution in [3.63, 3.8) is 0 Å². The van der Waals surface area contributed by atoms with E-state index in [9.17, 15) is 5.11 Å². The van der Waals surface area contributed by atoms with Gasteiger partial charge >= 0.3 is 0 Å². The molecule has 0 spiro atoms. The molecule has 2 N–H and O–H groups in total. The smallest absolute Gasteiger partial charge is 0.163 e. The van der Waals surface area contributed by atoms with E-state index in [-0.39, 0.29) is 5.75 Å². The zero-order valence-electron chi connectivity index (χ0n) is 17.1. The number of rotatable bonds is 5. The highest BCUT2D eigenvalue weighted by Gasteiger charge is 2.21. The first kappa shape index (κ1) is 19.5. The first-order valence-electron chi connectivity index (χ1n) is 10.3. The maximum Gasteiger partial charge on any atom is 0.163 e. The third kappa shape index (κ3) is 3.84. The molecule has 0 aliphatic heterocycles. The van der Waals surface area contributed by atoms with Gasteiger partial charge in [0.05, 0.1) is 18.7 Å². The predicted molar refractivity (Wildman–Crippen MR) is 125 cm³/mol. The quantitative estimate of drug-likeness (QED) is 0.327. The molecular weight excluding hydrogens is 408 g/mol. The second kappa shape index (κ2) is 8.35. The van der Waals surface area contributed by atoms with Gasteiger partial charge in [0.1, 0.15) is 4.83 Å². The minimum atomic E-state index is 0.0996. The number of anilines is 1. The number of nitrogens with zero attached hydrogens (tertiary/aromatic N) is 3. The number of hydrazone groups is 1. The van der Waals surface area contributed by atoms with Gasteiger partial charge in [-0.25, -0.2) is 9.97 Å². The number of aryl methyl sites for hydroxylation is 2. The van der Waals surface area contributed by atoms with Gasteiger partial charge in [-0.2, -0.15) is 5.10 Å². The lowest BCUT2D eigenvalue weighted by atomic mass is 9.97. The van der Waals surface area contributed by atoms with E-state index in [0.717, 1.165) is 40.0 Å². The number of nitrogens with one attached hydrogen (secondary N) is 1. The highest BCUT2D eigenvalue weighted by molar-refractivity contribution is 7.19. The molecule has 7 heteroatoms. The molecule has 0 fully saturated rings. The van der Waals surface area contributed by atoms with E-state index in [1.54, 1.807) is 35.8 Å². The third-order valence-corrected chi connectivity index (χ3v) is 6.62. The lowest BCUT2D eigenvalue weighted by Crippen LogP contribution is -2.02. The highest BCUT2D eigenvalue weighted by Crippen LogP contribution is 2.39. The summed E-state index contributed by atoms with van der Waals surface area (Å²) in [7, 11) is 1.52. The Morgan fingerprint density at radius 1 is 1.10 bits per heavy atom. The molecule has 0 saturated heterocycles. The monoisotopic (exact) mass is 430 g/mol. The lowest BCUT2D eigenvalue weighted by Gasteiger charge is -2.12. The molecule has 156 valence electrons. The molecular formula is C24H22N4O2S. The van der Waals surface area contributed by atoms with Crippen LogP contribution >= 0.6 is 11.3 Å². The molecule has 2 aromatic carbocycles. The van der Waals surface area contributed by atoms with Crippen molar-refractivity contribution < 1.29 is 9.84 Å². The molecule has 6 nitrogen and oxygen atoms in total. The molecule has 0 radical (unpaired) electrons. The highest BCUT2D eigenvalue weighted by atomic mass is 32.1. The Kier molecular flexibility index (Phi) is 5.26. The Balaban J connectivity index is 1.55. The first-order valence-corrected chi connectivity index (χ1v) is 11.1. The molecule has 0 atom stereocenters. The van der Waals surface area contributed by atoms with E-state index in [2.05, 4.69) is 10.5 Å². The van der Waals surface area contributed by atoms with E-state index < -0.39 is 0 Å². The van der Waals surface area contributed by atoms with E-state index in [0.29, 0.717) is 11.6 Å². The van der Waals surface area contributed by atoms with Crippen LogP contribution in [0.4, 0.5) is 5.82 Å². The molecule has 0 amide bonds. The number of thiophene rings is 1. The number of ether oxygens (including phenoxy) is 1. The topological polar surface area (TPSA) is 79.6 Å². The molecule has 0 bridgehead atoms. The van der Waals surface area contributed by atoms with Crippen LogP contribution in [0.1, 0.15) is 28.8 Å². The van der Waals surface area contributed by atoms with Gasteiger partial charge in [0.2, 0.25) is 0 Å². The van der Waals surface area contributed by atoms with E-state index in [1.807, 2.05) is 30.3 Å². The number of benzene rings is 2. The fraction of sp³-hybridized carbons (Fsp3) is 0.208. The molecule has 2 heterocycles. The summed E-state index contributed by atoms with van der Waals surface area (Å²) < 4.78 is 5.17. The molecule has 2 aromatic heterocycles. The van der Waals surface area contributed by atoms with Crippen molar-refractivity contribution in [2.75, 3.05) is 12.5 Å². The second-order valence-electron chi connectivity index (χ2n) is 7.45. The summed E-state index contributed by atoms with van der Waals surface area (Å²) in [6.07, 6.45) is 6.26. The van der Waals surface area contributed by atoms with Gasteiger partial charge in [0, 0.05) is 10.4 Å². The molecule has 4 aromatic rings. The van der Waals surface area contributed by atoms with Crippen LogP contribution < -0.4 is 10.2 Å². The molecule has 0 unspecified atom stereocenters. The largest absolute Gasteiger partial charge is 0.504 e. The Bertz CT molecular complexity index is 1270. The number of methoxy groups -OCH3 is 1. The molecule has 1 aliphatic rings. The van der Waals surface area contributed by atoms with Gasteiger partial charge in [-0.3, -0.25) is 5.43 Å². The molecule has 0 saturated carbocycles. The van der Waals surface area contributed by atoms with Gasteiger partial charge in [-0.05, 0) is 55.0 Å². The van der Waals surface area contributed by atoms with Crippen molar-refractivity contribution in [1.82, 2.24) is 9.97 Å². The number of aromatic hydroxyl groups is 1. The lowest BCUT2D eigenvalue weighted by molar-refractivity contribution is 0.373. The zero-order valence-corrected chi connectivity index (χ0v) is 17.9. The van der Waals surface area contributed by atoms with E-state index in [1.165, 1.54) is 30.4 Å². The van der Waals surface area contributed by atoms with Gasteiger partial charge in [0.15, 0.2) is 23.1 Å². The molecule has 31 heavy (non-hydrogen) atoms.